The molecular formula is C37H49N7O5. The summed E-state index contributed by atoms with van der Waals surface area (Å²) in [6.07, 6.45) is 5.59. The van der Waals surface area contributed by atoms with E-state index in [1.54, 1.807) is 18.2 Å². The predicted molar refractivity (Wildman–Crippen MR) is 190 cm³/mol. The van der Waals surface area contributed by atoms with Crippen LogP contribution in [0.2, 0.25) is 0 Å². The zero-order chi connectivity index (χ0) is 34.8. The molecule has 1 aromatic heterocycles. The van der Waals surface area contributed by atoms with Crippen molar-refractivity contribution < 1.29 is 19.5 Å². The van der Waals surface area contributed by atoms with Crippen molar-refractivity contribution in [2.45, 2.75) is 50.7 Å². The van der Waals surface area contributed by atoms with Gasteiger partial charge in [-0.05, 0) is 69.0 Å². The predicted octanol–water partition coefficient (Wildman–Crippen LogP) is 2.27. The van der Waals surface area contributed by atoms with E-state index < -0.39 is 5.60 Å². The van der Waals surface area contributed by atoms with Crippen LogP contribution in [0, 0.1) is 5.92 Å². The van der Waals surface area contributed by atoms with E-state index in [0.29, 0.717) is 81.3 Å². The Hall–Kier alpha value is -4.39. The molecule has 2 aromatic carbocycles. The Morgan fingerprint density at radius 1 is 1.04 bits per heavy atom. The highest BCUT2D eigenvalue weighted by atomic mass is 16.3. The molecule has 2 fully saturated rings. The van der Waals surface area contributed by atoms with Crippen LogP contribution in [0.15, 0.2) is 72.3 Å². The number of nitrogens with one attached hydrogen (secondary N) is 2. The minimum absolute atomic E-state index is 0.0349. The summed E-state index contributed by atoms with van der Waals surface area (Å²) in [6.45, 7) is 9.38. The fraction of sp³-hybridized carbons (Fsp3) is 0.486. The second-order valence-corrected chi connectivity index (χ2v) is 13.4. The van der Waals surface area contributed by atoms with Crippen molar-refractivity contribution >= 4 is 34.3 Å². The molecule has 3 heterocycles. The number of aromatic nitrogens is 2. The third-order valence-electron chi connectivity index (χ3n) is 9.72. The normalized spacial score (nSPS) is 17.4. The maximum Gasteiger partial charge on any atom is 0.261 e. The maximum absolute atomic E-state index is 13.7. The summed E-state index contributed by atoms with van der Waals surface area (Å²) in [6, 6.07) is 15.0. The van der Waals surface area contributed by atoms with Gasteiger partial charge in [0.15, 0.2) is 0 Å². The van der Waals surface area contributed by atoms with Gasteiger partial charge in [-0.1, -0.05) is 36.9 Å². The second kappa shape index (κ2) is 16.8. The number of aliphatic hydroxyl groups is 1. The third-order valence-corrected chi connectivity index (χ3v) is 9.72. The number of piperidine rings is 1. The number of amides is 3. The lowest BCUT2D eigenvalue weighted by atomic mass is 9.88. The number of likely N-dealkylation sites (N-methyl/N-ethyl adjacent to an activating group) is 1. The van der Waals surface area contributed by atoms with E-state index in [9.17, 15) is 24.3 Å². The van der Waals surface area contributed by atoms with Crippen LogP contribution in [0.4, 0.5) is 5.69 Å². The van der Waals surface area contributed by atoms with E-state index >= 15 is 0 Å². The van der Waals surface area contributed by atoms with Crippen molar-refractivity contribution in [3.05, 3.63) is 83.4 Å². The van der Waals surface area contributed by atoms with Gasteiger partial charge in [0.25, 0.3) is 5.56 Å². The van der Waals surface area contributed by atoms with Crippen LogP contribution in [0.1, 0.15) is 37.7 Å². The van der Waals surface area contributed by atoms with Gasteiger partial charge >= 0.3 is 0 Å². The van der Waals surface area contributed by atoms with E-state index in [1.807, 2.05) is 35.2 Å². The second-order valence-electron chi connectivity index (χ2n) is 13.4. The van der Waals surface area contributed by atoms with E-state index in [4.69, 9.17) is 0 Å². The quantitative estimate of drug-likeness (QED) is 0.175. The standard InChI is InChI=1S/C37H49N7O5/c1-3-33(45)38-16-7-10-29(24-28-8-5-4-6-9-28)35(47)43-18-14-37(49,15-19-43)26-44-27-39-32-25-30(11-12-31(32)36(44)48)40-34(46)13-17-42-22-20-41(2)21-23-42/h3-6,8-9,11-12,25,27,29,49H,1,7,10,13-24,26H2,2H3,(H,38,45)(H,40,46). The van der Waals surface area contributed by atoms with Crippen LogP contribution in [0.5, 0.6) is 0 Å². The molecule has 1 atom stereocenters. The third kappa shape index (κ3) is 10.1. The van der Waals surface area contributed by atoms with Crippen LogP contribution in [-0.2, 0) is 27.3 Å². The Labute approximate surface area is 287 Å². The minimum Gasteiger partial charge on any atom is -0.388 e. The largest absolute Gasteiger partial charge is 0.388 e. The van der Waals surface area contributed by atoms with Crippen LogP contribution in [-0.4, -0.2) is 112 Å². The molecule has 0 radical (unpaired) electrons. The summed E-state index contributed by atoms with van der Waals surface area (Å²) in [5.41, 5.74) is 0.694. The van der Waals surface area contributed by atoms with Gasteiger partial charge in [0.05, 0.1) is 29.4 Å². The molecule has 12 heteroatoms. The van der Waals surface area contributed by atoms with Crippen LogP contribution < -0.4 is 16.2 Å². The number of carbonyl (C=O) groups is 3. The Kier molecular flexibility index (Phi) is 12.3. The van der Waals surface area contributed by atoms with Crippen molar-refractivity contribution in [1.29, 1.82) is 0 Å². The van der Waals surface area contributed by atoms with Gasteiger partial charge in [0.1, 0.15) is 0 Å². The van der Waals surface area contributed by atoms with Crippen molar-refractivity contribution in [2.75, 3.05) is 64.7 Å². The summed E-state index contributed by atoms with van der Waals surface area (Å²) in [5, 5.41) is 17.6. The minimum atomic E-state index is -1.17. The Balaban J connectivity index is 1.16. The van der Waals surface area contributed by atoms with Crippen molar-refractivity contribution in [3.63, 3.8) is 0 Å². The summed E-state index contributed by atoms with van der Waals surface area (Å²) >= 11 is 0. The first-order valence-corrected chi connectivity index (χ1v) is 17.3. The molecule has 3 amide bonds. The zero-order valence-electron chi connectivity index (χ0n) is 28.5. The average Bonchev–Trinajstić information content (AvgIpc) is 3.11. The molecule has 0 spiro atoms. The lowest BCUT2D eigenvalue weighted by molar-refractivity contribution is -0.140. The topological polar surface area (TPSA) is 140 Å². The van der Waals surface area contributed by atoms with Gasteiger partial charge in [-0.3, -0.25) is 23.7 Å². The first-order valence-electron chi connectivity index (χ1n) is 17.3. The number of likely N-dealkylation sites (tertiary alicyclic amines) is 1. The Morgan fingerprint density at radius 2 is 1.78 bits per heavy atom. The number of benzene rings is 2. The van der Waals surface area contributed by atoms with Crippen LogP contribution >= 0.6 is 0 Å². The number of anilines is 1. The first kappa shape index (κ1) is 35.9. The summed E-state index contributed by atoms with van der Waals surface area (Å²) < 4.78 is 1.43. The lowest BCUT2D eigenvalue weighted by Crippen LogP contribution is -2.51. The molecule has 2 aliphatic heterocycles. The highest BCUT2D eigenvalue weighted by Crippen LogP contribution is 2.27. The molecule has 0 aliphatic carbocycles. The van der Waals surface area contributed by atoms with Gasteiger partial charge in [0.2, 0.25) is 17.7 Å². The fourth-order valence-electron chi connectivity index (χ4n) is 6.62. The van der Waals surface area contributed by atoms with Gasteiger partial charge in [-0.15, -0.1) is 0 Å². The van der Waals surface area contributed by atoms with E-state index in [0.717, 1.165) is 31.7 Å². The SMILES string of the molecule is C=CC(=O)NCCCC(Cc1ccccc1)C(=O)N1CCC(O)(Cn2cnc3cc(NC(=O)CCN4CCN(C)CC4)ccc3c2=O)CC1. The first-order chi connectivity index (χ1) is 23.6. The Bertz CT molecular complexity index is 1660. The molecular weight excluding hydrogens is 622 g/mol. The molecule has 2 aliphatic rings. The van der Waals surface area contributed by atoms with Crippen molar-refractivity contribution in [3.8, 4) is 0 Å². The number of carbonyl (C=O) groups excluding carboxylic acids is 3. The smallest absolute Gasteiger partial charge is 0.261 e. The molecule has 3 aromatic rings. The van der Waals surface area contributed by atoms with Gasteiger partial charge in [-0.2, -0.15) is 0 Å². The zero-order valence-corrected chi connectivity index (χ0v) is 28.5. The number of hydrogen-bond acceptors (Lipinski definition) is 8. The number of hydrogen-bond donors (Lipinski definition) is 3. The van der Waals surface area contributed by atoms with E-state index in [2.05, 4.69) is 39.0 Å². The van der Waals surface area contributed by atoms with E-state index in [-0.39, 0.29) is 35.7 Å². The molecule has 2 saturated heterocycles. The maximum atomic E-state index is 13.7. The van der Waals surface area contributed by atoms with Gasteiger partial charge in [-0.25, -0.2) is 4.98 Å². The summed E-state index contributed by atoms with van der Waals surface area (Å²) in [5.74, 6) is -0.536. The Morgan fingerprint density at radius 3 is 2.49 bits per heavy atom. The van der Waals surface area contributed by atoms with Crippen molar-refractivity contribution in [1.82, 2.24) is 29.6 Å². The van der Waals surface area contributed by atoms with Crippen LogP contribution in [0.25, 0.3) is 10.9 Å². The summed E-state index contributed by atoms with van der Waals surface area (Å²) in [7, 11) is 2.10. The van der Waals surface area contributed by atoms with Gasteiger partial charge in [0, 0.05) is 70.4 Å². The number of fused-ring (bicyclic) bond motifs is 1. The highest BCUT2D eigenvalue weighted by molar-refractivity contribution is 5.93. The number of rotatable bonds is 14. The average molecular weight is 672 g/mol. The van der Waals surface area contributed by atoms with Crippen LogP contribution in [0.3, 0.4) is 0 Å². The number of nitrogens with zero attached hydrogens (tertiary/aromatic N) is 5. The van der Waals surface area contributed by atoms with Crippen molar-refractivity contribution in [2.24, 2.45) is 5.92 Å². The summed E-state index contributed by atoms with van der Waals surface area (Å²) in [4.78, 5) is 62.2. The molecule has 5 rings (SSSR count). The molecule has 0 saturated carbocycles. The lowest BCUT2D eigenvalue weighted by Gasteiger charge is -2.39. The monoisotopic (exact) mass is 671 g/mol. The molecule has 3 N–H and O–H groups in total. The molecule has 262 valence electrons. The number of piperazine rings is 1. The molecule has 12 nitrogen and oxygen atoms in total. The van der Waals surface area contributed by atoms with E-state index in [1.165, 1.54) is 17.0 Å². The molecule has 49 heavy (non-hydrogen) atoms. The van der Waals surface area contributed by atoms with Gasteiger partial charge < -0.3 is 30.4 Å². The highest BCUT2D eigenvalue weighted by Gasteiger charge is 2.36. The molecule has 0 bridgehead atoms. The molecule has 1 unspecified atom stereocenters. The fourth-order valence-corrected chi connectivity index (χ4v) is 6.62.